The van der Waals surface area contributed by atoms with Crippen LogP contribution in [0, 0.1) is 23.2 Å². The molecule has 3 N–H and O–H groups in total. The van der Waals surface area contributed by atoms with E-state index in [1.54, 1.807) is 6.07 Å². The van der Waals surface area contributed by atoms with E-state index in [2.05, 4.69) is 24.1 Å². The van der Waals surface area contributed by atoms with Crippen LogP contribution in [0.5, 0.6) is 0 Å². The third-order valence-corrected chi connectivity index (χ3v) is 5.04. The number of nitriles is 1. The average molecular weight is 336 g/mol. The van der Waals surface area contributed by atoms with E-state index in [-0.39, 0.29) is 10.5 Å². The van der Waals surface area contributed by atoms with Gasteiger partial charge in [0.2, 0.25) is 10.0 Å². The van der Waals surface area contributed by atoms with Gasteiger partial charge in [0.15, 0.2) is 0 Å². The fourth-order valence-corrected chi connectivity index (χ4v) is 3.81. The van der Waals surface area contributed by atoms with Crippen LogP contribution in [0.1, 0.15) is 25.8 Å². The quantitative estimate of drug-likeness (QED) is 0.851. The van der Waals surface area contributed by atoms with Crippen LogP contribution < -0.4 is 10.5 Å². The Morgan fingerprint density at radius 1 is 1.35 bits per heavy atom. The van der Waals surface area contributed by atoms with Crippen molar-refractivity contribution in [2.24, 2.45) is 17.0 Å². The van der Waals surface area contributed by atoms with Gasteiger partial charge in [-0.15, -0.1) is 0 Å². The number of nitrogens with two attached hydrogens (primary N) is 1. The molecule has 1 aliphatic heterocycles. The van der Waals surface area contributed by atoms with Gasteiger partial charge in [0, 0.05) is 26.2 Å². The van der Waals surface area contributed by atoms with Crippen molar-refractivity contribution in [3.05, 3.63) is 23.8 Å². The highest BCUT2D eigenvalue weighted by Gasteiger charge is 2.21. The van der Waals surface area contributed by atoms with Crippen LogP contribution in [-0.4, -0.2) is 39.5 Å². The van der Waals surface area contributed by atoms with E-state index in [0.29, 0.717) is 24.1 Å². The molecule has 0 amide bonds. The molecule has 6 nitrogen and oxygen atoms in total. The second-order valence-electron chi connectivity index (χ2n) is 6.50. The van der Waals surface area contributed by atoms with Crippen LogP contribution in [0.15, 0.2) is 23.1 Å². The van der Waals surface area contributed by atoms with Gasteiger partial charge in [-0.1, -0.05) is 13.8 Å². The summed E-state index contributed by atoms with van der Waals surface area (Å²) in [6.45, 7) is 8.36. The smallest absolute Gasteiger partial charge is 0.238 e. The Kier molecular flexibility index (Phi) is 5.63. The minimum atomic E-state index is -3.79. The molecule has 1 aliphatic rings. The lowest BCUT2D eigenvalue weighted by Gasteiger charge is -2.35. The van der Waals surface area contributed by atoms with Gasteiger partial charge in [-0.25, -0.2) is 13.6 Å². The van der Waals surface area contributed by atoms with Gasteiger partial charge in [0.1, 0.15) is 6.07 Å². The molecule has 1 aromatic carbocycles. The maximum atomic E-state index is 11.3. The Balaban J connectivity index is 1.97. The van der Waals surface area contributed by atoms with Gasteiger partial charge < -0.3 is 10.2 Å². The van der Waals surface area contributed by atoms with E-state index in [1.165, 1.54) is 18.6 Å². The molecule has 0 saturated carbocycles. The normalized spacial score (nSPS) is 22.5. The van der Waals surface area contributed by atoms with Gasteiger partial charge in [0.05, 0.1) is 16.1 Å². The first-order valence-corrected chi connectivity index (χ1v) is 9.37. The molecular formula is C16H24N4O2S. The zero-order chi connectivity index (χ0) is 17.0. The fourth-order valence-electron chi connectivity index (χ4n) is 3.27. The third kappa shape index (κ3) is 4.93. The Labute approximate surface area is 138 Å². The molecule has 2 atom stereocenters. The number of nitrogens with one attached hydrogen (secondary N) is 1. The largest absolute Gasteiger partial charge is 0.383 e. The molecule has 1 aromatic rings. The Morgan fingerprint density at radius 2 is 2.00 bits per heavy atom. The van der Waals surface area contributed by atoms with Crippen LogP contribution in [0.25, 0.3) is 0 Å². The van der Waals surface area contributed by atoms with Crippen molar-refractivity contribution >= 4 is 15.7 Å². The van der Waals surface area contributed by atoms with Gasteiger partial charge in [-0.2, -0.15) is 5.26 Å². The monoisotopic (exact) mass is 336 g/mol. The summed E-state index contributed by atoms with van der Waals surface area (Å²) in [5, 5.41) is 17.5. The Morgan fingerprint density at radius 3 is 2.57 bits per heavy atom. The van der Waals surface area contributed by atoms with E-state index in [1.807, 2.05) is 6.07 Å². The lowest BCUT2D eigenvalue weighted by atomic mass is 9.92. The lowest BCUT2D eigenvalue weighted by Crippen LogP contribution is -2.41. The number of hydrogen-bond acceptors (Lipinski definition) is 5. The number of benzene rings is 1. The highest BCUT2D eigenvalue weighted by molar-refractivity contribution is 7.89. The van der Waals surface area contributed by atoms with Gasteiger partial charge in [-0.05, 0) is 36.5 Å². The minimum Gasteiger partial charge on any atom is -0.383 e. The molecule has 23 heavy (non-hydrogen) atoms. The molecule has 0 aromatic heterocycles. The number of piperidine rings is 1. The van der Waals surface area contributed by atoms with Crippen molar-refractivity contribution in [1.82, 2.24) is 4.90 Å². The summed E-state index contributed by atoms with van der Waals surface area (Å²) < 4.78 is 22.7. The number of anilines is 1. The zero-order valence-corrected chi connectivity index (χ0v) is 14.4. The van der Waals surface area contributed by atoms with Crippen molar-refractivity contribution < 1.29 is 8.42 Å². The first-order valence-electron chi connectivity index (χ1n) is 7.82. The van der Waals surface area contributed by atoms with E-state index in [9.17, 15) is 13.7 Å². The van der Waals surface area contributed by atoms with E-state index in [4.69, 9.17) is 5.14 Å². The first-order chi connectivity index (χ1) is 10.8. The zero-order valence-electron chi connectivity index (χ0n) is 13.6. The number of hydrogen-bond donors (Lipinski definition) is 2. The number of nitrogens with zero attached hydrogens (tertiary/aromatic N) is 2. The van der Waals surface area contributed by atoms with Gasteiger partial charge in [0.25, 0.3) is 0 Å². The molecule has 2 rings (SSSR count). The molecule has 7 heteroatoms. The van der Waals surface area contributed by atoms with Crippen molar-refractivity contribution in [3.8, 4) is 6.07 Å². The van der Waals surface area contributed by atoms with E-state index in [0.717, 1.165) is 19.6 Å². The second kappa shape index (κ2) is 7.30. The van der Waals surface area contributed by atoms with Crippen LogP contribution in [0.2, 0.25) is 0 Å². The van der Waals surface area contributed by atoms with E-state index < -0.39 is 10.0 Å². The summed E-state index contributed by atoms with van der Waals surface area (Å²) in [6.07, 6.45) is 1.28. The molecule has 0 unspecified atom stereocenters. The Bertz CT molecular complexity index is 687. The number of likely N-dealkylation sites (tertiary alicyclic amines) is 1. The van der Waals surface area contributed by atoms with Gasteiger partial charge >= 0.3 is 0 Å². The first kappa shape index (κ1) is 17.7. The molecule has 0 spiro atoms. The van der Waals surface area contributed by atoms with E-state index >= 15 is 0 Å². The second-order valence-corrected chi connectivity index (χ2v) is 8.06. The van der Waals surface area contributed by atoms with Crippen LogP contribution >= 0.6 is 0 Å². The maximum Gasteiger partial charge on any atom is 0.238 e. The molecule has 1 saturated heterocycles. The predicted molar refractivity (Wildman–Crippen MR) is 90.4 cm³/mol. The van der Waals surface area contributed by atoms with Gasteiger partial charge in [-0.3, -0.25) is 0 Å². The third-order valence-electron chi connectivity index (χ3n) is 4.13. The van der Waals surface area contributed by atoms with Crippen molar-refractivity contribution in [3.63, 3.8) is 0 Å². The fraction of sp³-hybridized carbons (Fsp3) is 0.562. The summed E-state index contributed by atoms with van der Waals surface area (Å²) in [4.78, 5) is 2.38. The SMILES string of the molecule is C[C@@H]1C[C@@H](C)CN(CCNc2ccc(S(N)(=O)=O)cc2C#N)C1. The Hall–Kier alpha value is -1.62. The van der Waals surface area contributed by atoms with Crippen molar-refractivity contribution in [2.75, 3.05) is 31.5 Å². The highest BCUT2D eigenvalue weighted by Crippen LogP contribution is 2.21. The summed E-state index contributed by atoms with van der Waals surface area (Å²) >= 11 is 0. The summed E-state index contributed by atoms with van der Waals surface area (Å²) in [7, 11) is -3.79. The lowest BCUT2D eigenvalue weighted by molar-refractivity contribution is 0.146. The summed E-state index contributed by atoms with van der Waals surface area (Å²) in [5.74, 6) is 1.42. The van der Waals surface area contributed by atoms with Crippen LogP contribution in [0.3, 0.4) is 0 Å². The molecule has 1 fully saturated rings. The number of rotatable bonds is 5. The van der Waals surface area contributed by atoms with Crippen molar-refractivity contribution in [1.29, 1.82) is 5.26 Å². The highest BCUT2D eigenvalue weighted by atomic mass is 32.2. The molecule has 126 valence electrons. The molecule has 0 bridgehead atoms. The standard InChI is InChI=1S/C16H24N4O2S/c1-12-7-13(2)11-20(10-12)6-5-19-16-4-3-15(23(18,21)22)8-14(16)9-17/h3-4,8,12-13,19H,5-7,10-11H2,1-2H3,(H2,18,21,22)/t12-,13-/m1/s1. The molecule has 1 heterocycles. The predicted octanol–water partition coefficient (Wildman–Crippen LogP) is 1.60. The summed E-state index contributed by atoms with van der Waals surface area (Å²) in [6, 6.07) is 6.34. The molecule has 0 radical (unpaired) electrons. The summed E-state index contributed by atoms with van der Waals surface area (Å²) in [5.41, 5.74) is 0.926. The molecular weight excluding hydrogens is 312 g/mol. The minimum absolute atomic E-state index is 0.0433. The number of primary sulfonamides is 1. The maximum absolute atomic E-state index is 11.3. The topological polar surface area (TPSA) is 99.2 Å². The van der Waals surface area contributed by atoms with Crippen LogP contribution in [-0.2, 0) is 10.0 Å². The average Bonchev–Trinajstić information content (AvgIpc) is 2.45. The van der Waals surface area contributed by atoms with Crippen molar-refractivity contribution in [2.45, 2.75) is 25.2 Å². The van der Waals surface area contributed by atoms with Crippen LogP contribution in [0.4, 0.5) is 5.69 Å². The number of sulfonamides is 1. The molecule has 0 aliphatic carbocycles.